The highest BCUT2D eigenvalue weighted by molar-refractivity contribution is 7.12. The van der Waals surface area contributed by atoms with Crippen molar-refractivity contribution in [3.8, 4) is 11.5 Å². The van der Waals surface area contributed by atoms with Crippen LogP contribution < -0.4 is 14.8 Å². The van der Waals surface area contributed by atoms with Crippen LogP contribution in [-0.2, 0) is 19.1 Å². The van der Waals surface area contributed by atoms with Crippen molar-refractivity contribution in [3.63, 3.8) is 0 Å². The van der Waals surface area contributed by atoms with Crippen LogP contribution in [0.2, 0.25) is 0 Å². The van der Waals surface area contributed by atoms with E-state index < -0.39 is 35.3 Å². The summed E-state index contributed by atoms with van der Waals surface area (Å²) in [5, 5.41) is 13.6. The number of aliphatic carboxylic acids is 1. The first kappa shape index (κ1) is 29.3. The molecule has 3 aromatic rings. The van der Waals surface area contributed by atoms with E-state index in [2.05, 4.69) is 5.32 Å². The number of ether oxygens (including phenoxy) is 3. The molecule has 4 unspecified atom stereocenters. The SMILES string of the molecule is COCC(=O)N1C(c2ccc3c(c2)OCO3)C(C(=O)c2cc(C)sc2C)C(c2ccc(NC(C)=O)cc2)C1(C)C(=O)O. The number of ketones is 1. The standard InChI is InChI=1S/C31H32N2O8S/c1-16-12-22(17(2)42-16)29(36)26-27(19-6-9-21(10-7-19)32-18(3)34)31(4,30(37)38)33(25(35)14-39-5)28(26)20-8-11-23-24(13-20)41-15-40-23/h6-13,26-28H,14-15H2,1-5H3,(H,32,34)(H,37,38). The molecule has 2 N–H and O–H groups in total. The van der Waals surface area contributed by atoms with Gasteiger partial charge in [0.05, 0.1) is 12.0 Å². The van der Waals surface area contributed by atoms with E-state index in [0.29, 0.717) is 33.9 Å². The number of anilines is 1. The lowest BCUT2D eigenvalue weighted by atomic mass is 9.71. The number of aryl methyl sites for hydroxylation is 2. The predicted octanol–water partition coefficient (Wildman–Crippen LogP) is 4.71. The highest BCUT2D eigenvalue weighted by Crippen LogP contribution is 2.57. The third kappa shape index (κ3) is 4.92. The molecule has 3 heterocycles. The van der Waals surface area contributed by atoms with Gasteiger partial charge in [-0.3, -0.25) is 14.4 Å². The van der Waals surface area contributed by atoms with Crippen molar-refractivity contribution in [2.24, 2.45) is 5.92 Å². The summed E-state index contributed by atoms with van der Waals surface area (Å²) >= 11 is 1.48. The largest absolute Gasteiger partial charge is 0.479 e. The number of carbonyl (C=O) groups is 4. The molecule has 0 radical (unpaired) electrons. The summed E-state index contributed by atoms with van der Waals surface area (Å²) in [6.45, 7) is 6.29. The van der Waals surface area contributed by atoms with Crippen molar-refractivity contribution in [1.82, 2.24) is 4.90 Å². The number of hydrogen-bond donors (Lipinski definition) is 2. The van der Waals surface area contributed by atoms with Gasteiger partial charge in [-0.2, -0.15) is 0 Å². The first-order valence-corrected chi connectivity index (χ1v) is 14.2. The number of amides is 2. The van der Waals surface area contributed by atoms with Crippen molar-refractivity contribution < 1.29 is 38.5 Å². The Morgan fingerprint density at radius 1 is 1.05 bits per heavy atom. The molecular formula is C31H32N2O8S. The van der Waals surface area contributed by atoms with E-state index in [0.717, 1.165) is 9.75 Å². The van der Waals surface area contributed by atoms with Gasteiger partial charge < -0.3 is 29.5 Å². The Balaban J connectivity index is 1.78. The number of Topliss-reactive ketones (excluding diaryl/α,β-unsaturated/α-hetero) is 1. The number of hydrogen-bond acceptors (Lipinski definition) is 8. The molecule has 0 spiro atoms. The molecule has 5 rings (SSSR count). The van der Waals surface area contributed by atoms with Crippen LogP contribution in [-0.4, -0.2) is 59.6 Å². The molecule has 1 aromatic heterocycles. The summed E-state index contributed by atoms with van der Waals surface area (Å²) in [6, 6.07) is 12.7. The van der Waals surface area contributed by atoms with E-state index in [9.17, 15) is 24.3 Å². The van der Waals surface area contributed by atoms with E-state index in [1.54, 1.807) is 42.5 Å². The summed E-state index contributed by atoms with van der Waals surface area (Å²) in [5.74, 6) is -3.35. The number of rotatable bonds is 8. The van der Waals surface area contributed by atoms with Crippen LogP contribution in [0.3, 0.4) is 0 Å². The minimum absolute atomic E-state index is 0.0294. The Morgan fingerprint density at radius 3 is 2.31 bits per heavy atom. The van der Waals surface area contributed by atoms with Gasteiger partial charge in [0.2, 0.25) is 18.6 Å². The summed E-state index contributed by atoms with van der Waals surface area (Å²) in [6.07, 6.45) is 0. The molecule has 42 heavy (non-hydrogen) atoms. The van der Waals surface area contributed by atoms with Gasteiger partial charge in [-0.25, -0.2) is 4.79 Å². The zero-order valence-electron chi connectivity index (χ0n) is 23.9. The Bertz CT molecular complexity index is 1570. The fourth-order valence-corrected chi connectivity index (χ4v) is 7.22. The summed E-state index contributed by atoms with van der Waals surface area (Å²) in [5.41, 5.74) is 0.229. The monoisotopic (exact) mass is 592 g/mol. The molecule has 10 nitrogen and oxygen atoms in total. The molecule has 0 aliphatic carbocycles. The maximum absolute atomic E-state index is 14.7. The van der Waals surface area contributed by atoms with Gasteiger partial charge in [-0.05, 0) is 62.2 Å². The number of methoxy groups -OCH3 is 1. The number of likely N-dealkylation sites (tertiary alicyclic amines) is 1. The minimum atomic E-state index is -1.86. The number of thiophene rings is 1. The van der Waals surface area contributed by atoms with Gasteiger partial charge in [-0.1, -0.05) is 18.2 Å². The Labute approximate surface area is 247 Å². The zero-order chi connectivity index (χ0) is 30.3. The van der Waals surface area contributed by atoms with Crippen LogP contribution >= 0.6 is 11.3 Å². The molecule has 2 aliphatic heterocycles. The predicted molar refractivity (Wildman–Crippen MR) is 155 cm³/mol. The Hall–Kier alpha value is -4.22. The van der Waals surface area contributed by atoms with Crippen molar-refractivity contribution in [3.05, 3.63) is 75.0 Å². The normalized spacial score (nSPS) is 22.7. The highest BCUT2D eigenvalue weighted by atomic mass is 32.1. The Kier molecular flexibility index (Phi) is 7.82. The molecule has 4 atom stereocenters. The van der Waals surface area contributed by atoms with E-state index in [4.69, 9.17) is 14.2 Å². The molecular weight excluding hydrogens is 560 g/mol. The average molecular weight is 593 g/mol. The molecule has 2 amide bonds. The maximum atomic E-state index is 14.7. The number of nitrogens with one attached hydrogen (secondary N) is 1. The van der Waals surface area contributed by atoms with Crippen molar-refractivity contribution in [2.45, 2.75) is 45.2 Å². The molecule has 1 fully saturated rings. The zero-order valence-corrected chi connectivity index (χ0v) is 24.7. The molecule has 2 aliphatic rings. The lowest BCUT2D eigenvalue weighted by molar-refractivity contribution is -0.159. The van der Waals surface area contributed by atoms with Crippen molar-refractivity contribution >= 4 is 40.6 Å². The van der Waals surface area contributed by atoms with Gasteiger partial charge in [0, 0.05) is 41.0 Å². The summed E-state index contributed by atoms with van der Waals surface area (Å²) in [7, 11) is 1.36. The van der Waals surface area contributed by atoms with Gasteiger partial charge in [-0.15, -0.1) is 11.3 Å². The van der Waals surface area contributed by atoms with Gasteiger partial charge in [0.15, 0.2) is 17.3 Å². The Morgan fingerprint density at radius 2 is 1.71 bits per heavy atom. The highest BCUT2D eigenvalue weighted by Gasteiger charge is 2.65. The van der Waals surface area contributed by atoms with Crippen LogP contribution in [0.1, 0.15) is 57.0 Å². The summed E-state index contributed by atoms with van der Waals surface area (Å²) in [4.78, 5) is 56.5. The number of carboxylic acid groups (broad SMARTS) is 1. The van der Waals surface area contributed by atoms with E-state index in [1.807, 2.05) is 19.9 Å². The number of fused-ring (bicyclic) bond motifs is 1. The summed E-state index contributed by atoms with van der Waals surface area (Å²) < 4.78 is 16.3. The number of carbonyl (C=O) groups excluding carboxylic acids is 3. The topological polar surface area (TPSA) is 131 Å². The maximum Gasteiger partial charge on any atom is 0.330 e. The third-order valence-electron chi connectivity index (χ3n) is 7.99. The van der Waals surface area contributed by atoms with Gasteiger partial charge >= 0.3 is 5.97 Å². The second kappa shape index (κ2) is 11.2. The lowest BCUT2D eigenvalue weighted by Crippen LogP contribution is -2.55. The fraction of sp³-hybridized carbons (Fsp3) is 0.355. The lowest BCUT2D eigenvalue weighted by Gasteiger charge is -2.37. The van der Waals surface area contributed by atoms with E-state index in [-0.39, 0.29) is 25.1 Å². The van der Waals surface area contributed by atoms with Crippen LogP contribution in [0.4, 0.5) is 5.69 Å². The molecule has 1 saturated heterocycles. The van der Waals surface area contributed by atoms with Crippen molar-refractivity contribution in [2.75, 3.05) is 25.8 Å². The fourth-order valence-electron chi connectivity index (χ4n) is 6.29. The van der Waals surface area contributed by atoms with Crippen LogP contribution in [0.15, 0.2) is 48.5 Å². The first-order chi connectivity index (χ1) is 20.0. The number of nitrogens with zero attached hydrogens (tertiary/aromatic N) is 1. The van der Waals surface area contributed by atoms with Crippen LogP contribution in [0.25, 0.3) is 0 Å². The van der Waals surface area contributed by atoms with Gasteiger partial charge in [0.1, 0.15) is 12.1 Å². The second-order valence-electron chi connectivity index (χ2n) is 10.7. The minimum Gasteiger partial charge on any atom is -0.479 e. The second-order valence-corrected chi connectivity index (χ2v) is 12.2. The third-order valence-corrected chi connectivity index (χ3v) is 8.96. The van der Waals surface area contributed by atoms with Crippen molar-refractivity contribution in [1.29, 1.82) is 0 Å². The quantitative estimate of drug-likeness (QED) is 0.360. The molecule has 2 aromatic carbocycles. The van der Waals surface area contributed by atoms with Crippen LogP contribution in [0.5, 0.6) is 11.5 Å². The van der Waals surface area contributed by atoms with E-state index in [1.165, 1.54) is 37.2 Å². The number of carboxylic acids is 1. The molecule has 0 bridgehead atoms. The number of benzene rings is 2. The smallest absolute Gasteiger partial charge is 0.330 e. The molecule has 11 heteroatoms. The average Bonchev–Trinajstić information content (AvgIpc) is 3.62. The van der Waals surface area contributed by atoms with Crippen LogP contribution in [0, 0.1) is 19.8 Å². The molecule has 220 valence electrons. The van der Waals surface area contributed by atoms with Gasteiger partial charge in [0.25, 0.3) is 0 Å². The molecule has 0 saturated carbocycles. The first-order valence-electron chi connectivity index (χ1n) is 13.4. The van der Waals surface area contributed by atoms with E-state index >= 15 is 0 Å².